The van der Waals surface area contributed by atoms with E-state index in [1.54, 1.807) is 71.3 Å². The van der Waals surface area contributed by atoms with Crippen LogP contribution in [0.15, 0.2) is 73.1 Å². The van der Waals surface area contributed by atoms with Crippen molar-refractivity contribution in [3.05, 3.63) is 95.4 Å². The highest BCUT2D eigenvalue weighted by atomic mass is 35.5. The van der Waals surface area contributed by atoms with Gasteiger partial charge in [-0.1, -0.05) is 18.2 Å². The molecule has 2 N–H and O–H groups in total. The van der Waals surface area contributed by atoms with Crippen LogP contribution in [-0.2, 0) is 4.74 Å². The number of alkyl halides is 1. The molecule has 3 aromatic carbocycles. The van der Waals surface area contributed by atoms with E-state index < -0.39 is 0 Å². The van der Waals surface area contributed by atoms with Gasteiger partial charge in [0.05, 0.1) is 18.0 Å². The molecule has 0 aliphatic carbocycles. The summed E-state index contributed by atoms with van der Waals surface area (Å²) in [6, 6.07) is 17.7. The van der Waals surface area contributed by atoms with E-state index in [9.17, 15) is 14.7 Å². The molecule has 3 heterocycles. The van der Waals surface area contributed by atoms with Crippen LogP contribution in [0.3, 0.4) is 0 Å². The van der Waals surface area contributed by atoms with E-state index in [0.717, 1.165) is 21.9 Å². The van der Waals surface area contributed by atoms with Crippen LogP contribution in [0.4, 0.5) is 11.4 Å². The lowest BCUT2D eigenvalue weighted by molar-refractivity contribution is 0.0982. The Bertz CT molecular complexity index is 1820. The topological polar surface area (TPSA) is 105 Å². The summed E-state index contributed by atoms with van der Waals surface area (Å²) in [4.78, 5) is 32.8. The van der Waals surface area contributed by atoms with Crippen LogP contribution in [0, 0.1) is 6.92 Å². The summed E-state index contributed by atoms with van der Waals surface area (Å²) in [5.41, 5.74) is 4.44. The number of fused-ring (bicyclic) bond motifs is 4. The monoisotopic (exact) mass is 584 g/mol. The van der Waals surface area contributed by atoms with E-state index in [-0.39, 0.29) is 29.2 Å². The van der Waals surface area contributed by atoms with Gasteiger partial charge in [0, 0.05) is 54.9 Å². The first-order valence-electron chi connectivity index (χ1n) is 13.5. The predicted octanol–water partition coefficient (Wildman–Crippen LogP) is 5.76. The number of nitrogens with one attached hydrogen (secondary N) is 1. The number of aromatic hydroxyl groups is 1. The molecule has 0 radical (unpaired) electrons. The molecule has 2 aromatic heterocycles. The van der Waals surface area contributed by atoms with Crippen LogP contribution in [0.25, 0.3) is 16.4 Å². The first-order chi connectivity index (χ1) is 20.4. The van der Waals surface area contributed by atoms with Gasteiger partial charge in [0.2, 0.25) is 0 Å². The predicted molar refractivity (Wildman–Crippen MR) is 162 cm³/mol. The maximum Gasteiger partial charge on any atom is 0.278 e. The van der Waals surface area contributed by atoms with E-state index in [1.807, 2.05) is 25.1 Å². The lowest BCUT2D eigenvalue weighted by atomic mass is 9.92. The number of carbonyl (C=O) groups is 2. The minimum atomic E-state index is -0.293. The smallest absolute Gasteiger partial charge is 0.278 e. The molecule has 6 rings (SSSR count). The largest absolute Gasteiger partial charge is 0.507 e. The van der Waals surface area contributed by atoms with Crippen LogP contribution >= 0.6 is 11.6 Å². The number of aryl methyl sites for hydroxylation is 1. The van der Waals surface area contributed by atoms with Gasteiger partial charge in [-0.25, -0.2) is 4.98 Å². The van der Waals surface area contributed by atoms with Crippen LogP contribution < -0.4 is 15.0 Å². The molecule has 42 heavy (non-hydrogen) atoms. The second-order valence-electron chi connectivity index (χ2n) is 10.2. The van der Waals surface area contributed by atoms with Gasteiger partial charge in [-0.2, -0.15) is 0 Å². The van der Waals surface area contributed by atoms with E-state index in [4.69, 9.17) is 21.1 Å². The van der Waals surface area contributed by atoms with Crippen LogP contribution in [-0.4, -0.2) is 59.1 Å². The summed E-state index contributed by atoms with van der Waals surface area (Å²) in [5, 5.41) is 15.4. The van der Waals surface area contributed by atoms with Gasteiger partial charge >= 0.3 is 0 Å². The van der Waals surface area contributed by atoms with Crippen molar-refractivity contribution in [2.24, 2.45) is 0 Å². The summed E-state index contributed by atoms with van der Waals surface area (Å²) in [7, 11) is 1.61. The molecule has 1 aliphatic heterocycles. The van der Waals surface area contributed by atoms with Gasteiger partial charge in [0.15, 0.2) is 0 Å². The summed E-state index contributed by atoms with van der Waals surface area (Å²) >= 11 is 6.38. The Hall–Kier alpha value is -4.60. The molecule has 0 saturated carbocycles. The third kappa shape index (κ3) is 5.01. The lowest BCUT2D eigenvalue weighted by Crippen LogP contribution is -2.30. The van der Waals surface area contributed by atoms with Crippen molar-refractivity contribution < 1.29 is 24.2 Å². The molecule has 0 unspecified atom stereocenters. The Kier molecular flexibility index (Phi) is 7.45. The van der Waals surface area contributed by atoms with Crippen LogP contribution in [0.5, 0.6) is 11.5 Å². The zero-order chi connectivity index (χ0) is 29.4. The molecule has 0 bridgehead atoms. The lowest BCUT2D eigenvalue weighted by Gasteiger charge is -2.17. The summed E-state index contributed by atoms with van der Waals surface area (Å²) in [5.74, 6) is 0.444. The van der Waals surface area contributed by atoms with Gasteiger partial charge in [-0.3, -0.25) is 9.59 Å². The molecule has 2 amide bonds. The molecule has 214 valence electrons. The second kappa shape index (κ2) is 11.3. The number of aromatic nitrogens is 2. The summed E-state index contributed by atoms with van der Waals surface area (Å²) in [6.45, 7) is 3.28. The number of nitrogens with zero attached hydrogens (tertiary/aromatic N) is 3. The minimum absolute atomic E-state index is 0.0837. The van der Waals surface area contributed by atoms with Gasteiger partial charge in [-0.05, 0) is 59.8 Å². The van der Waals surface area contributed by atoms with Crippen molar-refractivity contribution in [3.8, 4) is 11.5 Å². The number of hydrogen-bond acceptors (Lipinski definition) is 6. The van der Waals surface area contributed by atoms with E-state index in [2.05, 4.69) is 10.3 Å². The maximum atomic E-state index is 13.8. The number of amides is 2. The Morgan fingerprint density at radius 3 is 2.67 bits per heavy atom. The number of ether oxygens (including phenoxy) is 2. The van der Waals surface area contributed by atoms with Gasteiger partial charge < -0.3 is 29.2 Å². The Balaban J connectivity index is 1.23. The number of phenolic OH excluding ortho intramolecular Hbond substituents is 1. The molecule has 9 nitrogen and oxygen atoms in total. The number of anilines is 2. The van der Waals surface area contributed by atoms with Crippen molar-refractivity contribution >= 4 is 51.2 Å². The number of pyridine rings is 1. The molecular weight excluding hydrogens is 556 g/mol. The number of hydrogen-bond donors (Lipinski definition) is 2. The molecule has 1 atom stereocenters. The zero-order valence-corrected chi connectivity index (χ0v) is 23.9. The van der Waals surface area contributed by atoms with Crippen molar-refractivity contribution in [3.63, 3.8) is 0 Å². The van der Waals surface area contributed by atoms with Gasteiger partial charge in [-0.15, -0.1) is 11.6 Å². The zero-order valence-electron chi connectivity index (χ0n) is 23.1. The summed E-state index contributed by atoms with van der Waals surface area (Å²) < 4.78 is 12.2. The fourth-order valence-corrected chi connectivity index (χ4v) is 5.72. The first-order valence-corrected chi connectivity index (χ1v) is 14.1. The normalized spacial score (nSPS) is 14.4. The molecule has 0 fully saturated rings. The average Bonchev–Trinajstić information content (AvgIpc) is 3.59. The fourth-order valence-electron chi connectivity index (χ4n) is 5.47. The van der Waals surface area contributed by atoms with Gasteiger partial charge in [0.25, 0.3) is 11.8 Å². The van der Waals surface area contributed by atoms with Crippen molar-refractivity contribution in [1.29, 1.82) is 0 Å². The molecule has 10 heteroatoms. The number of benzene rings is 3. The van der Waals surface area contributed by atoms with Crippen molar-refractivity contribution in [1.82, 2.24) is 9.38 Å². The third-order valence-electron chi connectivity index (χ3n) is 7.50. The quantitative estimate of drug-likeness (QED) is 0.177. The third-order valence-corrected chi connectivity index (χ3v) is 7.87. The number of imidazole rings is 1. The maximum absolute atomic E-state index is 13.8. The molecule has 5 aromatic rings. The Morgan fingerprint density at radius 2 is 1.90 bits per heavy atom. The molecule has 0 saturated heterocycles. The number of phenols is 1. The number of carbonyl (C=O) groups excluding carboxylic acids is 2. The van der Waals surface area contributed by atoms with E-state index >= 15 is 0 Å². The number of methoxy groups -OCH3 is 1. The molecular formula is C32H29ClN4O5. The Labute approximate surface area is 247 Å². The summed E-state index contributed by atoms with van der Waals surface area (Å²) in [6.07, 6.45) is 3.35. The Morgan fingerprint density at radius 1 is 1.10 bits per heavy atom. The van der Waals surface area contributed by atoms with Crippen molar-refractivity contribution in [2.75, 3.05) is 43.0 Å². The standard InChI is InChI=1S/C32H29ClN4O5/c1-19-4-3-5-24-27(38)14-26-30(29(19)24)21(15-33)16-37(26)32(40)25-18-36-17-22(8-11-28(36)35-25)34-31(39)20-6-9-23(10-7-20)42-13-12-41-2/h3-11,14,17-18,21,38H,12-13,15-16H2,1-2H3,(H,34,39)/t21-/m1/s1. The first kappa shape index (κ1) is 27.6. The van der Waals surface area contributed by atoms with Crippen LogP contribution in [0.1, 0.15) is 37.9 Å². The van der Waals surface area contributed by atoms with Gasteiger partial charge in [0.1, 0.15) is 29.4 Å². The molecule has 0 spiro atoms. The average molecular weight is 585 g/mol. The van der Waals surface area contributed by atoms with Crippen LogP contribution in [0.2, 0.25) is 0 Å². The number of halogens is 1. The van der Waals surface area contributed by atoms with E-state index in [1.165, 1.54) is 0 Å². The highest BCUT2D eigenvalue weighted by Gasteiger charge is 2.36. The van der Waals surface area contributed by atoms with E-state index in [0.29, 0.717) is 54.0 Å². The SMILES string of the molecule is COCCOc1ccc(C(=O)Nc2ccc3nc(C(=O)N4C[C@@H](CCl)c5c4cc(O)c4cccc(C)c54)cn3c2)cc1. The highest BCUT2D eigenvalue weighted by Crippen LogP contribution is 2.46. The minimum Gasteiger partial charge on any atom is -0.507 e. The number of rotatable bonds is 8. The fraction of sp³-hybridized carbons (Fsp3) is 0.219. The molecule has 1 aliphatic rings. The highest BCUT2D eigenvalue weighted by molar-refractivity contribution is 6.19. The van der Waals surface area contributed by atoms with Crippen molar-refractivity contribution in [2.45, 2.75) is 12.8 Å². The second-order valence-corrected chi connectivity index (χ2v) is 10.5.